The van der Waals surface area contributed by atoms with Crippen molar-refractivity contribution in [3.05, 3.63) is 33.8 Å². The van der Waals surface area contributed by atoms with Crippen molar-refractivity contribution in [2.75, 3.05) is 13.1 Å². The number of carbonyl (C=O) groups is 2. The Labute approximate surface area is 133 Å². The molecular formula is C14H17Cl2N3O2. The van der Waals surface area contributed by atoms with Gasteiger partial charge in [0.25, 0.3) is 0 Å². The van der Waals surface area contributed by atoms with Crippen LogP contribution in [0.2, 0.25) is 10.0 Å². The van der Waals surface area contributed by atoms with Crippen molar-refractivity contribution in [2.45, 2.75) is 25.9 Å². The molecule has 2 atom stereocenters. The van der Waals surface area contributed by atoms with E-state index in [4.69, 9.17) is 23.2 Å². The van der Waals surface area contributed by atoms with Gasteiger partial charge in [0.2, 0.25) is 5.91 Å². The Balaban J connectivity index is 2.03. The summed E-state index contributed by atoms with van der Waals surface area (Å²) < 4.78 is 0. The summed E-state index contributed by atoms with van der Waals surface area (Å²) in [5.41, 5.74) is 0.853. The molecule has 1 heterocycles. The molecule has 0 radical (unpaired) electrons. The average Bonchev–Trinajstić information content (AvgIpc) is 2.83. The van der Waals surface area contributed by atoms with Gasteiger partial charge in [-0.25, -0.2) is 4.79 Å². The third-order valence-corrected chi connectivity index (χ3v) is 3.98. The number of urea groups is 1. The van der Waals surface area contributed by atoms with Gasteiger partial charge in [-0.1, -0.05) is 29.3 Å². The number of amides is 3. The van der Waals surface area contributed by atoms with Crippen molar-refractivity contribution >= 4 is 35.1 Å². The molecule has 1 aliphatic heterocycles. The maximum Gasteiger partial charge on any atom is 0.324 e. The van der Waals surface area contributed by atoms with Gasteiger partial charge in [0.1, 0.15) is 0 Å². The first-order chi connectivity index (χ1) is 9.90. The van der Waals surface area contributed by atoms with Crippen LogP contribution in [0.5, 0.6) is 0 Å². The summed E-state index contributed by atoms with van der Waals surface area (Å²) >= 11 is 12.0. The number of hydrogen-bond donors (Lipinski definition) is 2. The fourth-order valence-electron chi connectivity index (χ4n) is 2.30. The summed E-state index contributed by atoms with van der Waals surface area (Å²) in [6.45, 7) is 4.53. The molecule has 0 unspecified atom stereocenters. The Kier molecular flexibility index (Phi) is 5.08. The lowest BCUT2D eigenvalue weighted by Gasteiger charge is -2.23. The number of carbonyl (C=O) groups excluding carboxylic acids is 2. The predicted octanol–water partition coefficient (Wildman–Crippen LogP) is 2.58. The van der Waals surface area contributed by atoms with Crippen LogP contribution >= 0.6 is 23.2 Å². The fourth-order valence-corrected chi connectivity index (χ4v) is 2.88. The molecule has 0 aromatic heterocycles. The predicted molar refractivity (Wildman–Crippen MR) is 82.6 cm³/mol. The van der Waals surface area contributed by atoms with E-state index in [2.05, 4.69) is 10.6 Å². The first kappa shape index (κ1) is 16.1. The molecule has 1 aliphatic rings. The Hall–Kier alpha value is -1.30. The fraction of sp³-hybridized carbons (Fsp3) is 0.429. The molecule has 7 heteroatoms. The molecule has 114 valence electrons. The maximum atomic E-state index is 12.2. The minimum Gasteiger partial charge on any atom is -0.336 e. The van der Waals surface area contributed by atoms with E-state index in [-0.39, 0.29) is 18.0 Å². The lowest BCUT2D eigenvalue weighted by Crippen LogP contribution is -2.46. The van der Waals surface area contributed by atoms with Crippen LogP contribution in [0.25, 0.3) is 0 Å². The highest BCUT2D eigenvalue weighted by molar-refractivity contribution is 6.35. The van der Waals surface area contributed by atoms with Crippen LogP contribution in [0.4, 0.5) is 4.79 Å². The quantitative estimate of drug-likeness (QED) is 0.892. The van der Waals surface area contributed by atoms with E-state index in [0.29, 0.717) is 23.1 Å². The van der Waals surface area contributed by atoms with Crippen molar-refractivity contribution in [2.24, 2.45) is 0 Å². The van der Waals surface area contributed by atoms with Crippen LogP contribution in [0.3, 0.4) is 0 Å². The highest BCUT2D eigenvalue weighted by Crippen LogP contribution is 2.26. The van der Waals surface area contributed by atoms with Gasteiger partial charge in [-0.05, 0) is 31.5 Å². The van der Waals surface area contributed by atoms with Gasteiger partial charge in [-0.15, -0.1) is 0 Å². The summed E-state index contributed by atoms with van der Waals surface area (Å²) in [7, 11) is 0. The molecule has 0 bridgehead atoms. The van der Waals surface area contributed by atoms with E-state index in [0.717, 1.165) is 5.56 Å². The summed E-state index contributed by atoms with van der Waals surface area (Å²) in [5, 5.41) is 6.87. The molecule has 3 amide bonds. The molecule has 1 aromatic rings. The van der Waals surface area contributed by atoms with Gasteiger partial charge in [0.15, 0.2) is 0 Å². The lowest BCUT2D eigenvalue weighted by atomic mass is 10.1. The molecule has 2 N–H and O–H groups in total. The first-order valence-corrected chi connectivity index (χ1v) is 7.46. The van der Waals surface area contributed by atoms with E-state index in [1.54, 1.807) is 19.1 Å². The summed E-state index contributed by atoms with van der Waals surface area (Å²) in [4.78, 5) is 24.9. The number of halogens is 2. The zero-order valence-corrected chi connectivity index (χ0v) is 13.3. The van der Waals surface area contributed by atoms with Crippen molar-refractivity contribution in [1.82, 2.24) is 15.5 Å². The monoisotopic (exact) mass is 329 g/mol. The summed E-state index contributed by atoms with van der Waals surface area (Å²) in [5.74, 6) is -0.248. The Bertz CT molecular complexity index is 565. The van der Waals surface area contributed by atoms with Crippen molar-refractivity contribution in [3.8, 4) is 0 Å². The molecule has 1 fully saturated rings. The van der Waals surface area contributed by atoms with Crippen LogP contribution in [0.1, 0.15) is 25.5 Å². The minimum absolute atomic E-state index is 0.139. The van der Waals surface area contributed by atoms with Crippen LogP contribution in [0, 0.1) is 0 Å². The number of imide groups is 1. The topological polar surface area (TPSA) is 61.4 Å². The Morgan fingerprint density at radius 1 is 1.38 bits per heavy atom. The maximum absolute atomic E-state index is 12.2. The van der Waals surface area contributed by atoms with Crippen molar-refractivity contribution < 1.29 is 9.59 Å². The van der Waals surface area contributed by atoms with Gasteiger partial charge >= 0.3 is 6.03 Å². The normalized spacial score (nSPS) is 17.5. The van der Waals surface area contributed by atoms with Crippen molar-refractivity contribution in [1.29, 1.82) is 0 Å². The van der Waals surface area contributed by atoms with Crippen LogP contribution in [-0.4, -0.2) is 36.0 Å². The van der Waals surface area contributed by atoms with E-state index < -0.39 is 6.04 Å². The van der Waals surface area contributed by atoms with Crippen molar-refractivity contribution in [3.63, 3.8) is 0 Å². The highest BCUT2D eigenvalue weighted by atomic mass is 35.5. The number of nitrogens with one attached hydrogen (secondary N) is 2. The molecule has 1 aromatic carbocycles. The van der Waals surface area contributed by atoms with Gasteiger partial charge < -0.3 is 5.32 Å². The molecule has 21 heavy (non-hydrogen) atoms. The second-order valence-corrected chi connectivity index (χ2v) is 5.84. The van der Waals surface area contributed by atoms with Crippen LogP contribution in [-0.2, 0) is 4.79 Å². The number of rotatable bonds is 4. The molecule has 0 saturated carbocycles. The zero-order chi connectivity index (χ0) is 15.6. The van der Waals surface area contributed by atoms with Gasteiger partial charge in [-0.2, -0.15) is 0 Å². The van der Waals surface area contributed by atoms with E-state index in [1.165, 1.54) is 4.90 Å². The average molecular weight is 330 g/mol. The number of nitrogens with zero attached hydrogens (tertiary/aromatic N) is 1. The largest absolute Gasteiger partial charge is 0.336 e. The van der Waals surface area contributed by atoms with Gasteiger partial charge in [-0.3, -0.25) is 15.0 Å². The smallest absolute Gasteiger partial charge is 0.324 e. The van der Waals surface area contributed by atoms with E-state index >= 15 is 0 Å². The lowest BCUT2D eigenvalue weighted by molar-refractivity contribution is -0.129. The molecular weight excluding hydrogens is 313 g/mol. The summed E-state index contributed by atoms with van der Waals surface area (Å²) in [6, 6.07) is 4.27. The van der Waals surface area contributed by atoms with Crippen LogP contribution < -0.4 is 10.6 Å². The molecule has 5 nitrogen and oxygen atoms in total. The highest BCUT2D eigenvalue weighted by Gasteiger charge is 2.30. The third kappa shape index (κ3) is 3.67. The number of benzene rings is 1. The molecule has 2 rings (SSSR count). The standard InChI is InChI=1S/C14H17Cl2N3O2/c1-8(11-4-3-10(15)7-12(11)16)18-9(2)13(20)19-6-5-17-14(19)21/h3-4,7-9,18H,5-6H2,1-2H3,(H,17,21)/t8-,9-/m0/s1. The Morgan fingerprint density at radius 2 is 2.10 bits per heavy atom. The molecule has 0 spiro atoms. The summed E-state index contributed by atoms with van der Waals surface area (Å²) in [6.07, 6.45) is 0. The zero-order valence-electron chi connectivity index (χ0n) is 11.8. The Morgan fingerprint density at radius 3 is 2.67 bits per heavy atom. The van der Waals surface area contributed by atoms with Gasteiger partial charge in [0.05, 0.1) is 6.04 Å². The third-order valence-electron chi connectivity index (χ3n) is 3.42. The first-order valence-electron chi connectivity index (χ1n) is 6.70. The second kappa shape index (κ2) is 6.64. The SMILES string of the molecule is C[C@H](N[C@@H](C)c1ccc(Cl)cc1Cl)C(=O)N1CCNC1=O. The molecule has 1 saturated heterocycles. The van der Waals surface area contributed by atoms with E-state index in [9.17, 15) is 9.59 Å². The van der Waals surface area contributed by atoms with Crippen LogP contribution in [0.15, 0.2) is 18.2 Å². The van der Waals surface area contributed by atoms with Gasteiger partial charge in [0, 0.05) is 29.2 Å². The minimum atomic E-state index is -0.490. The number of hydrogen-bond acceptors (Lipinski definition) is 3. The molecule has 0 aliphatic carbocycles. The van der Waals surface area contributed by atoms with E-state index in [1.807, 2.05) is 13.0 Å². The second-order valence-electron chi connectivity index (χ2n) is 5.00.